The Balaban J connectivity index is 1.84. The number of sulfonamides is 1. The molecule has 0 aliphatic heterocycles. The van der Waals surface area contributed by atoms with Gasteiger partial charge >= 0.3 is 0 Å². The zero-order valence-electron chi connectivity index (χ0n) is 16.6. The van der Waals surface area contributed by atoms with E-state index in [9.17, 15) is 18.0 Å². The van der Waals surface area contributed by atoms with Gasteiger partial charge in [-0.05, 0) is 24.3 Å². The number of anilines is 1. The van der Waals surface area contributed by atoms with Crippen LogP contribution in [0, 0.1) is 0 Å². The topological polar surface area (TPSA) is 119 Å². The number of nitrogens with zero attached hydrogens (tertiary/aromatic N) is 5. The molecule has 11 heteroatoms. The minimum atomic E-state index is -3.75. The van der Waals surface area contributed by atoms with E-state index >= 15 is 0 Å². The number of hydrogen-bond acceptors (Lipinski definition) is 6. The fraction of sp³-hybridized carbons (Fsp3) is 0.263. The predicted octanol–water partition coefficient (Wildman–Crippen LogP) is 1.10. The Hall–Kier alpha value is -3.31. The first-order valence-corrected chi connectivity index (χ1v) is 10.8. The second kappa shape index (κ2) is 9.01. The van der Waals surface area contributed by atoms with Gasteiger partial charge in [0.1, 0.15) is 6.54 Å². The molecule has 0 saturated carbocycles. The molecule has 0 aromatic carbocycles. The van der Waals surface area contributed by atoms with E-state index in [1.165, 1.54) is 21.3 Å². The molecule has 0 bridgehead atoms. The molecule has 3 rings (SSSR count). The minimum Gasteiger partial charge on any atom is -0.321 e. The van der Waals surface area contributed by atoms with Gasteiger partial charge in [0.2, 0.25) is 15.9 Å². The minimum absolute atomic E-state index is 0.0443. The van der Waals surface area contributed by atoms with Crippen LogP contribution in [0.5, 0.6) is 0 Å². The van der Waals surface area contributed by atoms with Crippen LogP contribution in [0.3, 0.4) is 0 Å². The Morgan fingerprint density at radius 3 is 2.57 bits per heavy atom. The van der Waals surface area contributed by atoms with Gasteiger partial charge in [0.25, 0.3) is 5.56 Å². The molecule has 3 heterocycles. The normalized spacial score (nSPS) is 11.6. The first-order valence-electron chi connectivity index (χ1n) is 9.32. The molecule has 158 valence electrons. The highest BCUT2D eigenvalue weighted by molar-refractivity contribution is 7.89. The summed E-state index contributed by atoms with van der Waals surface area (Å²) in [5.74, 6) is -0.0862. The molecule has 0 radical (unpaired) electrons. The SMILES string of the molecule is CCN(CC)S(=O)(=O)c1ccc(=O)n(CC(=O)Nc2cccnc2-n2cccn2)c1. The average Bonchev–Trinajstić information content (AvgIpc) is 3.25. The highest BCUT2D eigenvalue weighted by Gasteiger charge is 2.22. The van der Waals surface area contributed by atoms with Crippen LogP contribution < -0.4 is 10.9 Å². The van der Waals surface area contributed by atoms with Crippen LogP contribution in [0.1, 0.15) is 13.8 Å². The summed E-state index contributed by atoms with van der Waals surface area (Å²) in [6.45, 7) is 3.71. The van der Waals surface area contributed by atoms with Crippen LogP contribution in [-0.2, 0) is 21.4 Å². The number of aromatic nitrogens is 4. The first-order chi connectivity index (χ1) is 14.4. The second-order valence-electron chi connectivity index (χ2n) is 6.29. The van der Waals surface area contributed by atoms with E-state index in [0.717, 1.165) is 10.6 Å². The van der Waals surface area contributed by atoms with Gasteiger partial charge in [0, 0.05) is 43.9 Å². The second-order valence-corrected chi connectivity index (χ2v) is 8.23. The average molecular weight is 430 g/mol. The van der Waals surface area contributed by atoms with Crippen molar-refractivity contribution in [3.05, 3.63) is 65.5 Å². The standard InChI is InChI=1S/C19H22N6O4S/c1-3-24(4-2)30(28,29)15-8-9-18(27)23(13-15)14-17(26)22-16-7-5-10-20-19(16)25-12-6-11-21-25/h5-13H,3-4,14H2,1-2H3,(H,22,26). The van der Waals surface area contributed by atoms with Crippen LogP contribution in [0.4, 0.5) is 5.69 Å². The summed E-state index contributed by atoms with van der Waals surface area (Å²) in [6, 6.07) is 7.43. The summed E-state index contributed by atoms with van der Waals surface area (Å²) in [7, 11) is -3.75. The molecule has 3 aromatic heterocycles. The molecule has 10 nitrogen and oxygen atoms in total. The number of carbonyl (C=O) groups excluding carboxylic acids is 1. The number of rotatable bonds is 8. The third kappa shape index (κ3) is 4.47. The van der Waals surface area contributed by atoms with Crippen LogP contribution in [0.25, 0.3) is 5.82 Å². The monoisotopic (exact) mass is 430 g/mol. The Labute approximate surface area is 173 Å². The van der Waals surface area contributed by atoms with Gasteiger partial charge in [-0.1, -0.05) is 13.8 Å². The van der Waals surface area contributed by atoms with E-state index in [-0.39, 0.29) is 11.4 Å². The van der Waals surface area contributed by atoms with Crippen molar-refractivity contribution in [2.24, 2.45) is 0 Å². The summed E-state index contributed by atoms with van der Waals surface area (Å²) < 4.78 is 29.3. The van der Waals surface area contributed by atoms with E-state index in [1.54, 1.807) is 50.6 Å². The van der Waals surface area contributed by atoms with Crippen molar-refractivity contribution < 1.29 is 13.2 Å². The summed E-state index contributed by atoms with van der Waals surface area (Å²) in [5.41, 5.74) is -0.0756. The Morgan fingerprint density at radius 1 is 1.13 bits per heavy atom. The summed E-state index contributed by atoms with van der Waals surface area (Å²) in [6.07, 6.45) is 6.03. The van der Waals surface area contributed by atoms with Crippen LogP contribution in [0.15, 0.2) is 64.8 Å². The molecule has 1 N–H and O–H groups in total. The maximum atomic E-state index is 12.7. The van der Waals surface area contributed by atoms with E-state index < -0.39 is 21.5 Å². The van der Waals surface area contributed by atoms with Gasteiger partial charge in [-0.15, -0.1) is 0 Å². The number of nitrogens with one attached hydrogen (secondary N) is 1. The molecule has 0 spiro atoms. The van der Waals surface area contributed by atoms with Crippen LogP contribution >= 0.6 is 0 Å². The number of carbonyl (C=O) groups is 1. The molecule has 0 atom stereocenters. The number of hydrogen-bond donors (Lipinski definition) is 1. The van der Waals surface area contributed by atoms with E-state index in [4.69, 9.17) is 0 Å². The Bertz CT molecular complexity index is 1180. The lowest BCUT2D eigenvalue weighted by atomic mass is 10.3. The number of amides is 1. The largest absolute Gasteiger partial charge is 0.321 e. The van der Waals surface area contributed by atoms with Crippen molar-refractivity contribution in [1.29, 1.82) is 0 Å². The highest BCUT2D eigenvalue weighted by atomic mass is 32.2. The third-order valence-electron chi connectivity index (χ3n) is 4.40. The van der Waals surface area contributed by atoms with E-state index in [0.29, 0.717) is 24.6 Å². The molecular formula is C19H22N6O4S. The molecule has 0 fully saturated rings. The summed E-state index contributed by atoms with van der Waals surface area (Å²) >= 11 is 0. The molecule has 1 amide bonds. The van der Waals surface area contributed by atoms with Crippen molar-refractivity contribution in [1.82, 2.24) is 23.6 Å². The Morgan fingerprint density at radius 2 is 1.90 bits per heavy atom. The molecule has 0 aliphatic carbocycles. The van der Waals surface area contributed by atoms with Crippen LogP contribution in [0.2, 0.25) is 0 Å². The maximum Gasteiger partial charge on any atom is 0.251 e. The van der Waals surface area contributed by atoms with Crippen LogP contribution in [-0.4, -0.2) is 51.1 Å². The molecular weight excluding hydrogens is 408 g/mol. The Kier molecular flexibility index (Phi) is 6.43. The zero-order valence-corrected chi connectivity index (χ0v) is 17.4. The maximum absolute atomic E-state index is 12.7. The highest BCUT2D eigenvalue weighted by Crippen LogP contribution is 2.17. The molecule has 0 saturated heterocycles. The van der Waals surface area contributed by atoms with Crippen molar-refractivity contribution in [3.63, 3.8) is 0 Å². The molecule has 30 heavy (non-hydrogen) atoms. The van der Waals surface area contributed by atoms with Gasteiger partial charge in [-0.25, -0.2) is 18.1 Å². The van der Waals surface area contributed by atoms with E-state index in [1.807, 2.05) is 0 Å². The summed E-state index contributed by atoms with van der Waals surface area (Å²) in [5, 5.41) is 6.80. The molecule has 3 aromatic rings. The molecule has 0 aliphatic rings. The lowest BCUT2D eigenvalue weighted by Gasteiger charge is -2.19. The van der Waals surface area contributed by atoms with Crippen molar-refractivity contribution in [3.8, 4) is 5.82 Å². The lowest BCUT2D eigenvalue weighted by Crippen LogP contribution is -2.33. The third-order valence-corrected chi connectivity index (χ3v) is 6.43. The zero-order chi connectivity index (χ0) is 21.7. The smallest absolute Gasteiger partial charge is 0.251 e. The summed E-state index contributed by atoms with van der Waals surface area (Å²) in [4.78, 5) is 28.9. The van der Waals surface area contributed by atoms with Crippen molar-refractivity contribution in [2.75, 3.05) is 18.4 Å². The number of pyridine rings is 2. The first kappa shape index (κ1) is 21.4. The van der Waals surface area contributed by atoms with Crippen molar-refractivity contribution in [2.45, 2.75) is 25.3 Å². The van der Waals surface area contributed by atoms with Gasteiger partial charge in [-0.2, -0.15) is 9.40 Å². The quantitative estimate of drug-likeness (QED) is 0.572. The fourth-order valence-corrected chi connectivity index (χ4v) is 4.39. The van der Waals surface area contributed by atoms with Gasteiger partial charge in [-0.3, -0.25) is 9.59 Å². The lowest BCUT2D eigenvalue weighted by molar-refractivity contribution is -0.116. The molecule has 0 unspecified atom stereocenters. The van der Waals surface area contributed by atoms with Gasteiger partial charge in [0.05, 0.1) is 10.6 Å². The van der Waals surface area contributed by atoms with Gasteiger partial charge in [0.15, 0.2) is 5.82 Å². The predicted molar refractivity (Wildman–Crippen MR) is 111 cm³/mol. The fourth-order valence-electron chi connectivity index (χ4n) is 2.91. The van der Waals surface area contributed by atoms with E-state index in [2.05, 4.69) is 15.4 Å². The van der Waals surface area contributed by atoms with Gasteiger partial charge < -0.3 is 9.88 Å². The van der Waals surface area contributed by atoms with Crippen molar-refractivity contribution >= 4 is 21.6 Å².